The van der Waals surface area contributed by atoms with Crippen LogP contribution in [0.3, 0.4) is 0 Å². The summed E-state index contributed by atoms with van der Waals surface area (Å²) in [6, 6.07) is 14.9. The Morgan fingerprint density at radius 2 is 1.77 bits per heavy atom. The average molecular weight is 432 g/mol. The number of ether oxygens (including phenoxy) is 1. The van der Waals surface area contributed by atoms with Crippen LogP contribution in [0.4, 0.5) is 18.9 Å². The first-order valence-corrected chi connectivity index (χ1v) is 10.2. The number of nitrogens with one attached hydrogen (secondary N) is 2. The van der Waals surface area contributed by atoms with Gasteiger partial charge in [-0.3, -0.25) is 0 Å². The molecule has 5 nitrogen and oxygen atoms in total. The van der Waals surface area contributed by atoms with Gasteiger partial charge in [0.25, 0.3) is 0 Å². The average Bonchev–Trinajstić information content (AvgIpc) is 3.30. The number of halogens is 3. The third-order valence-electron chi connectivity index (χ3n) is 4.64. The van der Waals surface area contributed by atoms with Crippen molar-refractivity contribution in [3.63, 3.8) is 0 Å². The first-order valence-electron chi connectivity index (χ1n) is 10.2. The molecule has 0 amide bonds. The van der Waals surface area contributed by atoms with E-state index in [1.807, 2.05) is 13.0 Å². The fourth-order valence-corrected chi connectivity index (χ4v) is 3.11. The Labute approximate surface area is 180 Å². The third-order valence-corrected chi connectivity index (χ3v) is 4.64. The van der Waals surface area contributed by atoms with Gasteiger partial charge in [-0.25, -0.2) is 4.99 Å². The van der Waals surface area contributed by atoms with Gasteiger partial charge in [0, 0.05) is 31.9 Å². The van der Waals surface area contributed by atoms with E-state index < -0.39 is 12.8 Å². The highest BCUT2D eigenvalue weighted by Crippen LogP contribution is 2.20. The molecule has 0 fully saturated rings. The summed E-state index contributed by atoms with van der Waals surface area (Å²) >= 11 is 0. The molecular formula is C23H27F3N4O. The van der Waals surface area contributed by atoms with Gasteiger partial charge in [-0.05, 0) is 42.3 Å². The zero-order valence-corrected chi connectivity index (χ0v) is 17.5. The molecule has 0 aromatic heterocycles. The molecule has 3 rings (SSSR count). The Morgan fingerprint density at radius 3 is 2.45 bits per heavy atom. The standard InChI is InChI=1S/C23H27F3N4O/c1-2-27-22(28-15-18-8-10-21(11-9-18)31-17-23(24,25)26)29-16-19-6-5-7-20(14-19)30-12-3-4-13-30/h3-11,14H,2,12-13,15-17H2,1H3,(H2,27,28,29). The van der Waals surface area contributed by atoms with Crippen molar-refractivity contribution in [3.8, 4) is 5.75 Å². The largest absolute Gasteiger partial charge is 0.484 e. The Morgan fingerprint density at radius 1 is 1.03 bits per heavy atom. The Hall–Kier alpha value is -3.16. The SMILES string of the molecule is CCNC(=NCc1cccc(N2CC=CC2)c1)NCc1ccc(OCC(F)(F)F)cc1. The van der Waals surface area contributed by atoms with Gasteiger partial charge in [0.1, 0.15) is 5.75 Å². The first-order chi connectivity index (χ1) is 14.9. The zero-order chi connectivity index (χ0) is 22.1. The van der Waals surface area contributed by atoms with Gasteiger partial charge in [0.05, 0.1) is 6.54 Å². The maximum absolute atomic E-state index is 12.2. The fraction of sp³-hybridized carbons (Fsp3) is 0.348. The Kier molecular flexibility index (Phi) is 7.81. The highest BCUT2D eigenvalue weighted by Gasteiger charge is 2.28. The molecule has 2 aromatic carbocycles. The second kappa shape index (κ2) is 10.7. The molecule has 1 aliphatic heterocycles. The highest BCUT2D eigenvalue weighted by atomic mass is 19.4. The molecule has 0 atom stereocenters. The number of aliphatic imine (C=N–C) groups is 1. The van der Waals surface area contributed by atoms with Gasteiger partial charge in [-0.2, -0.15) is 13.2 Å². The lowest BCUT2D eigenvalue weighted by atomic mass is 10.2. The Bertz CT molecular complexity index is 886. The van der Waals surface area contributed by atoms with E-state index in [1.54, 1.807) is 12.1 Å². The number of hydrogen-bond donors (Lipinski definition) is 2. The number of rotatable bonds is 8. The van der Waals surface area contributed by atoms with Crippen LogP contribution < -0.4 is 20.3 Å². The summed E-state index contributed by atoms with van der Waals surface area (Å²) in [4.78, 5) is 6.94. The summed E-state index contributed by atoms with van der Waals surface area (Å²) in [6.07, 6.45) is -0.0255. The molecule has 0 spiro atoms. The molecule has 1 aliphatic rings. The molecule has 0 saturated carbocycles. The smallest absolute Gasteiger partial charge is 0.422 e. The van der Waals surface area contributed by atoms with E-state index >= 15 is 0 Å². The lowest BCUT2D eigenvalue weighted by Crippen LogP contribution is -2.36. The summed E-state index contributed by atoms with van der Waals surface area (Å²) in [6.45, 7) is 4.30. The van der Waals surface area contributed by atoms with Crippen molar-refractivity contribution in [2.45, 2.75) is 26.2 Å². The summed E-state index contributed by atoms with van der Waals surface area (Å²) in [7, 11) is 0. The number of guanidine groups is 1. The predicted octanol–water partition coefficient (Wildman–Crippen LogP) is 4.26. The van der Waals surface area contributed by atoms with Crippen molar-refractivity contribution in [2.24, 2.45) is 4.99 Å². The third kappa shape index (κ3) is 7.55. The van der Waals surface area contributed by atoms with Crippen LogP contribution in [0.1, 0.15) is 18.1 Å². The van der Waals surface area contributed by atoms with Crippen LogP contribution in [0.2, 0.25) is 0 Å². The van der Waals surface area contributed by atoms with Gasteiger partial charge < -0.3 is 20.3 Å². The molecule has 0 saturated heterocycles. The number of anilines is 1. The van der Waals surface area contributed by atoms with Crippen LogP contribution in [0, 0.1) is 0 Å². The van der Waals surface area contributed by atoms with Crippen LogP contribution in [-0.2, 0) is 13.1 Å². The quantitative estimate of drug-likeness (QED) is 0.372. The molecule has 8 heteroatoms. The van der Waals surface area contributed by atoms with Gasteiger partial charge in [0.2, 0.25) is 0 Å². The topological polar surface area (TPSA) is 48.9 Å². The van der Waals surface area contributed by atoms with E-state index in [1.165, 1.54) is 17.8 Å². The molecule has 1 heterocycles. The summed E-state index contributed by atoms with van der Waals surface area (Å²) in [5.41, 5.74) is 3.21. The number of benzene rings is 2. The maximum Gasteiger partial charge on any atom is 0.422 e. The van der Waals surface area contributed by atoms with E-state index in [2.05, 4.69) is 50.9 Å². The normalized spacial score (nSPS) is 14.1. The molecule has 2 N–H and O–H groups in total. The summed E-state index contributed by atoms with van der Waals surface area (Å²) in [5.74, 6) is 0.864. The molecule has 2 aromatic rings. The van der Waals surface area contributed by atoms with Crippen molar-refractivity contribution in [1.29, 1.82) is 0 Å². The zero-order valence-electron chi connectivity index (χ0n) is 17.5. The number of nitrogens with zero attached hydrogens (tertiary/aromatic N) is 2. The molecule has 0 aliphatic carbocycles. The highest BCUT2D eigenvalue weighted by molar-refractivity contribution is 5.79. The van der Waals surface area contributed by atoms with Crippen LogP contribution in [0.15, 0.2) is 65.7 Å². The van der Waals surface area contributed by atoms with Gasteiger partial charge in [-0.1, -0.05) is 36.4 Å². The van der Waals surface area contributed by atoms with Crippen molar-refractivity contribution < 1.29 is 17.9 Å². The van der Waals surface area contributed by atoms with Gasteiger partial charge in [-0.15, -0.1) is 0 Å². The lowest BCUT2D eigenvalue weighted by molar-refractivity contribution is -0.153. The van der Waals surface area contributed by atoms with E-state index in [0.29, 0.717) is 19.0 Å². The molecule has 166 valence electrons. The first kappa shape index (κ1) is 22.5. The molecule has 31 heavy (non-hydrogen) atoms. The minimum Gasteiger partial charge on any atom is -0.484 e. The van der Waals surface area contributed by atoms with Crippen molar-refractivity contribution >= 4 is 11.6 Å². The van der Waals surface area contributed by atoms with Crippen molar-refractivity contribution in [2.75, 3.05) is 31.1 Å². The van der Waals surface area contributed by atoms with Gasteiger partial charge >= 0.3 is 6.18 Å². The van der Waals surface area contributed by atoms with E-state index in [-0.39, 0.29) is 5.75 Å². The maximum atomic E-state index is 12.2. The van der Waals surface area contributed by atoms with E-state index in [9.17, 15) is 13.2 Å². The minimum atomic E-state index is -4.34. The predicted molar refractivity (Wildman–Crippen MR) is 117 cm³/mol. The second-order valence-corrected chi connectivity index (χ2v) is 7.14. The van der Waals surface area contributed by atoms with Crippen molar-refractivity contribution in [1.82, 2.24) is 10.6 Å². The molecule has 0 unspecified atom stereocenters. The minimum absolute atomic E-state index is 0.190. The number of alkyl halides is 3. The van der Waals surface area contributed by atoms with Crippen LogP contribution in [0.5, 0.6) is 5.75 Å². The van der Waals surface area contributed by atoms with Crippen LogP contribution >= 0.6 is 0 Å². The summed E-state index contributed by atoms with van der Waals surface area (Å²) in [5, 5.41) is 6.46. The molecular weight excluding hydrogens is 405 g/mol. The monoisotopic (exact) mass is 432 g/mol. The summed E-state index contributed by atoms with van der Waals surface area (Å²) < 4.78 is 41.4. The fourth-order valence-electron chi connectivity index (χ4n) is 3.11. The Balaban J connectivity index is 1.54. The second-order valence-electron chi connectivity index (χ2n) is 7.14. The van der Waals surface area contributed by atoms with E-state index in [4.69, 9.17) is 4.74 Å². The van der Waals surface area contributed by atoms with Crippen LogP contribution in [-0.4, -0.2) is 38.4 Å². The van der Waals surface area contributed by atoms with Gasteiger partial charge in [0.15, 0.2) is 12.6 Å². The lowest BCUT2D eigenvalue weighted by Gasteiger charge is -2.18. The molecule has 0 radical (unpaired) electrons. The van der Waals surface area contributed by atoms with E-state index in [0.717, 1.165) is 30.8 Å². The molecule has 0 bridgehead atoms. The van der Waals surface area contributed by atoms with Crippen molar-refractivity contribution in [3.05, 3.63) is 71.8 Å². The number of hydrogen-bond acceptors (Lipinski definition) is 3. The van der Waals surface area contributed by atoms with Crippen LogP contribution in [0.25, 0.3) is 0 Å².